The number of aromatic hydroxyl groups is 1. The smallest absolute Gasteiger partial charge is 0.297 e. The predicted octanol–water partition coefficient (Wildman–Crippen LogP) is 12.4. The number of azo groups is 4. The fourth-order valence-electron chi connectivity index (χ4n) is 9.53. The number of nitrogens with one attached hydrogen (secondary N) is 3. The van der Waals surface area contributed by atoms with E-state index >= 15 is 0 Å². The van der Waals surface area contributed by atoms with Gasteiger partial charge < -0.3 is 25.8 Å². The van der Waals surface area contributed by atoms with E-state index < -0.39 is 140 Å². The monoisotopic (exact) mass is 1630 g/mol. The van der Waals surface area contributed by atoms with Crippen LogP contribution in [0.25, 0.3) is 16.7 Å². The number of aryl methyl sites for hydroxylation is 2. The summed E-state index contributed by atoms with van der Waals surface area (Å²) in [5.74, 6) is -4.74. The summed E-state index contributed by atoms with van der Waals surface area (Å²) in [5, 5.41) is 76.9. The summed E-state index contributed by atoms with van der Waals surface area (Å²) in [5.41, 5.74) is 0.316. The van der Waals surface area contributed by atoms with Crippen LogP contribution in [0.4, 0.5) is 80.4 Å². The van der Waals surface area contributed by atoms with Crippen molar-refractivity contribution in [3.63, 3.8) is 0 Å². The van der Waals surface area contributed by atoms with Crippen LogP contribution in [-0.2, 0) is 60.7 Å². The maximum atomic E-state index is 12.6. The minimum atomic E-state index is -5.27. The number of nitriles is 1. The molecule has 9 aromatic rings. The number of hydrogen-bond acceptors (Lipinski definition) is 34. The number of nitrogens with zero attached hydrogens (tertiary/aromatic N) is 15. The van der Waals surface area contributed by atoms with E-state index in [1.807, 2.05) is 0 Å². The number of nitro benzene ring substituents is 1. The molecule has 0 aliphatic rings. The maximum absolute atomic E-state index is 12.6. The zero-order chi connectivity index (χ0) is 78.0. The van der Waals surface area contributed by atoms with Gasteiger partial charge in [0.05, 0.1) is 73.2 Å². The first-order valence-corrected chi connectivity index (χ1v) is 41.7. The molecule has 0 spiro atoms. The van der Waals surface area contributed by atoms with Crippen molar-refractivity contribution in [3.05, 3.63) is 135 Å². The number of non-ortho nitro benzene ring substituents is 1. The predicted molar refractivity (Wildman–Crippen MR) is 390 cm³/mol. The molecule has 107 heavy (non-hydrogen) atoms. The number of thioether (sulfide) groups is 2. The second-order valence-electron chi connectivity index (χ2n) is 22.5. The lowest BCUT2D eigenvalue weighted by molar-refractivity contribution is -0.385. The molecule has 0 aliphatic carbocycles. The second-order valence-corrected chi connectivity index (χ2v) is 33.9. The highest BCUT2D eigenvalue weighted by Crippen LogP contribution is 2.46. The molecular formula is C59H58N18O22S8. The van der Waals surface area contributed by atoms with Gasteiger partial charge in [0.1, 0.15) is 45.0 Å². The first-order chi connectivity index (χ1) is 50.2. The van der Waals surface area contributed by atoms with Gasteiger partial charge in [-0.25, -0.2) is 4.98 Å². The molecule has 0 amide bonds. The van der Waals surface area contributed by atoms with Gasteiger partial charge in [-0.05, 0) is 129 Å². The number of fused-ring (bicyclic) bond motifs is 3. The molecule has 3 aromatic heterocycles. The van der Waals surface area contributed by atoms with Crippen molar-refractivity contribution in [1.29, 1.82) is 5.26 Å². The molecule has 0 saturated carbocycles. The van der Waals surface area contributed by atoms with Gasteiger partial charge in [-0.1, -0.05) is 18.2 Å². The average molecular weight is 1630 g/mol. The molecule has 0 fully saturated rings. The number of rotatable bonds is 34. The lowest BCUT2D eigenvalue weighted by Gasteiger charge is -2.14. The number of benzene rings is 6. The molecular weight excluding hydrogens is 1570 g/mol. The van der Waals surface area contributed by atoms with E-state index in [0.717, 1.165) is 47.8 Å². The molecule has 3 heterocycles. The highest BCUT2D eigenvalue weighted by molar-refractivity contribution is 7.99. The van der Waals surface area contributed by atoms with Gasteiger partial charge in [0.25, 0.3) is 66.4 Å². The van der Waals surface area contributed by atoms with Gasteiger partial charge in [-0.15, -0.1) is 54.2 Å². The first-order valence-electron chi connectivity index (χ1n) is 30.4. The van der Waals surface area contributed by atoms with Crippen LogP contribution in [0.5, 0.6) is 11.6 Å². The quantitative estimate of drug-likeness (QED) is 0.00447. The van der Waals surface area contributed by atoms with Crippen molar-refractivity contribution in [2.45, 2.75) is 59.6 Å². The van der Waals surface area contributed by atoms with Gasteiger partial charge in [0.2, 0.25) is 23.7 Å². The van der Waals surface area contributed by atoms with Crippen LogP contribution < -0.4 is 20.7 Å². The zero-order valence-corrected chi connectivity index (χ0v) is 61.9. The van der Waals surface area contributed by atoms with E-state index in [9.17, 15) is 98.3 Å². The summed E-state index contributed by atoms with van der Waals surface area (Å²) in [4.78, 5) is 26.8. The van der Waals surface area contributed by atoms with Crippen LogP contribution in [0, 0.1) is 42.2 Å². The number of ether oxygens (including phenoxy) is 1. The fourth-order valence-corrected chi connectivity index (χ4v) is 14.8. The molecule has 48 heteroatoms. The van der Waals surface area contributed by atoms with E-state index in [2.05, 4.69) is 82.9 Å². The van der Waals surface area contributed by atoms with Crippen molar-refractivity contribution >= 4 is 181 Å². The molecule has 9 rings (SSSR count). The number of hydrogen-bond donors (Lipinski definition) is 10. The van der Waals surface area contributed by atoms with Crippen LogP contribution in [0.2, 0.25) is 0 Å². The Morgan fingerprint density at radius 3 is 1.71 bits per heavy atom. The van der Waals surface area contributed by atoms with E-state index in [4.69, 9.17) is 4.74 Å². The van der Waals surface area contributed by atoms with Crippen LogP contribution in [0.1, 0.15) is 41.5 Å². The third-order valence-corrected chi connectivity index (χ3v) is 21.6. The summed E-state index contributed by atoms with van der Waals surface area (Å²) in [6, 6.07) is 24.2. The third kappa shape index (κ3) is 22.6. The normalized spacial score (nSPS) is 12.7. The molecule has 564 valence electrons. The van der Waals surface area contributed by atoms with Crippen molar-refractivity contribution in [2.75, 3.05) is 63.6 Å². The Bertz CT molecular complexity index is 5910. The summed E-state index contributed by atoms with van der Waals surface area (Å²) in [6.45, 7) is 3.92. The molecule has 0 saturated heterocycles. The Labute approximate surface area is 616 Å². The van der Waals surface area contributed by atoms with Gasteiger partial charge in [0.15, 0.2) is 11.3 Å². The Balaban J connectivity index is 1.16. The van der Waals surface area contributed by atoms with Crippen molar-refractivity contribution < 1.29 is 92.6 Å². The van der Waals surface area contributed by atoms with Crippen molar-refractivity contribution in [2.24, 2.45) is 40.9 Å². The summed E-state index contributed by atoms with van der Waals surface area (Å²) in [6.07, 6.45) is -0.489. The van der Waals surface area contributed by atoms with E-state index in [1.54, 1.807) is 45.0 Å². The minimum Gasteiger partial charge on any atom is -0.493 e. The van der Waals surface area contributed by atoms with E-state index in [-0.39, 0.29) is 121 Å². The van der Waals surface area contributed by atoms with E-state index in [1.165, 1.54) is 52.9 Å². The molecule has 0 bridgehead atoms. The highest BCUT2D eigenvalue weighted by atomic mass is 32.2. The van der Waals surface area contributed by atoms with Gasteiger partial charge in [0, 0.05) is 45.8 Å². The molecule has 40 nitrogen and oxygen atoms in total. The molecule has 0 atom stereocenters. The zero-order valence-electron chi connectivity index (χ0n) is 55.3. The number of nitro groups is 1. The van der Waals surface area contributed by atoms with Gasteiger partial charge in [-0.2, -0.15) is 80.9 Å². The SMILES string of the molecule is Cc1cc(N=Nc2c(C)c(C#N)c3nc4ccccc4n3c2O)c(OCCCS(=O)(=O)O)cc1N=Nc1cc(C)c(N=Nc2cc(Nc3nc(NCCS(=O)(=O)O)nc(Nc4cccc(S(=O)(=O)O)c4)n3)c(N=Nc3ccc([N+](=O)[O-])cc3S(=O)(=O)O)cc2SCCCS(=O)(=O)O)cc1SCCCS(=O)(=O)O. The average Bonchev–Trinajstić information content (AvgIpc) is 1.60. The second kappa shape index (κ2) is 33.7. The summed E-state index contributed by atoms with van der Waals surface area (Å²) < 4.78 is 209. The van der Waals surface area contributed by atoms with Crippen molar-refractivity contribution in [1.82, 2.24) is 24.3 Å². The van der Waals surface area contributed by atoms with Crippen molar-refractivity contribution in [3.8, 4) is 17.7 Å². The number of pyridine rings is 1. The van der Waals surface area contributed by atoms with E-state index in [0.29, 0.717) is 28.2 Å². The first kappa shape index (κ1) is 80.8. The number of anilines is 5. The Kier molecular flexibility index (Phi) is 25.4. The molecule has 6 aromatic carbocycles. The Morgan fingerprint density at radius 2 is 1.10 bits per heavy atom. The van der Waals surface area contributed by atoms with Crippen LogP contribution in [0.3, 0.4) is 0 Å². The molecule has 0 radical (unpaired) electrons. The largest absolute Gasteiger partial charge is 0.493 e. The fraction of sp³-hybridized carbons (Fsp3) is 0.237. The summed E-state index contributed by atoms with van der Waals surface area (Å²) >= 11 is 1.96. The van der Waals surface area contributed by atoms with Gasteiger partial charge in [-0.3, -0.25) is 41.8 Å². The maximum Gasteiger partial charge on any atom is 0.297 e. The van der Waals surface area contributed by atoms with Crippen LogP contribution in [-0.4, -0.2) is 160 Å². The van der Waals surface area contributed by atoms with Crippen LogP contribution >= 0.6 is 23.5 Å². The van der Waals surface area contributed by atoms with Crippen LogP contribution in [0.15, 0.2) is 164 Å². The summed E-state index contributed by atoms with van der Waals surface area (Å²) in [7, 11) is -28.0. The highest BCUT2D eigenvalue weighted by Gasteiger charge is 2.25. The third-order valence-electron chi connectivity index (χ3n) is 14.5. The number of aromatic nitrogens is 5. The standard InChI is InChI=1S/C59H58N18O22S8/c1-33-24-46(72-75-54-35(3)39(32-60)55-63-40-12-4-5-13-49(40)76(55)56(54)78)50(99-17-7-20-102(81,82)83)29-42(33)69-73-47-25-34(2)43(30-51(47)100-18-8-21-103(84,85)86)70-74-48-28-44(64-59-66-57(61-16-23-105(90,91)92)65-58(67-59)62-36-10-6-11-38(26-36)106(93,94)95)45(31-52(48)101-19-9-22-104(87,88)89)71-68-41-15-14-37(77(79)80)27-53(41)107(96,97)98/h4-6,10-15,24-31,78H,7-9,16-23H2,1-3H3,(H,81,82,83)(H,84,85,86)(H,87,88,89)(H,90,91,92)(H,93,94,95)(H,96,97,98)(H3,61,62,64,65,66,67). The molecule has 0 aliphatic heterocycles. The number of imidazole rings is 1. The Hall–Kier alpha value is -10.3. The van der Waals surface area contributed by atoms with Gasteiger partial charge >= 0.3 is 0 Å². The number of para-hydroxylation sites is 2. The molecule has 10 N–H and O–H groups in total. The lowest BCUT2D eigenvalue weighted by Crippen LogP contribution is -2.17. The minimum absolute atomic E-state index is 0.0232. The molecule has 0 unspecified atom stereocenters. The topological polar surface area (TPSA) is 614 Å². The Morgan fingerprint density at radius 1 is 0.561 bits per heavy atom. The lowest BCUT2D eigenvalue weighted by atomic mass is 10.1.